The molecule has 1 fully saturated rings. The van der Waals surface area contributed by atoms with Gasteiger partial charge >= 0.3 is 6.09 Å². The third-order valence-corrected chi connectivity index (χ3v) is 4.28. The maximum absolute atomic E-state index is 11.9. The Morgan fingerprint density at radius 2 is 1.58 bits per heavy atom. The topological polar surface area (TPSA) is 50.4 Å². The number of amides is 1. The molecule has 2 atom stereocenters. The fourth-order valence-corrected chi connectivity index (χ4v) is 3.02. The van der Waals surface area contributed by atoms with Crippen molar-refractivity contribution < 1.29 is 9.53 Å². The average Bonchev–Trinajstić information content (AvgIpc) is 2.83. The van der Waals surface area contributed by atoms with E-state index in [1.54, 1.807) is 0 Å². The van der Waals surface area contributed by atoms with Gasteiger partial charge in [-0.3, -0.25) is 0 Å². The standard InChI is InChI=1S/C20H32N2O2/c1-19(2,3)14-7-9-15(10-8-14)21-16-11-12-17(13-16)22-18(23)24-20(4,5)6/h7-10,16-17,21H,11-13H2,1-6H3,(H,22,23). The predicted octanol–water partition coefficient (Wildman–Crippen LogP) is 4.84. The van der Waals surface area contributed by atoms with E-state index in [-0.39, 0.29) is 17.6 Å². The van der Waals surface area contributed by atoms with Gasteiger partial charge in [0.2, 0.25) is 0 Å². The molecule has 0 aliphatic heterocycles. The minimum Gasteiger partial charge on any atom is -0.444 e. The van der Waals surface area contributed by atoms with Gasteiger partial charge in [-0.15, -0.1) is 0 Å². The van der Waals surface area contributed by atoms with Crippen molar-refractivity contribution in [2.24, 2.45) is 0 Å². The third-order valence-electron chi connectivity index (χ3n) is 4.28. The van der Waals surface area contributed by atoms with Crippen molar-refractivity contribution in [3.8, 4) is 0 Å². The highest BCUT2D eigenvalue weighted by molar-refractivity contribution is 5.68. The normalized spacial score (nSPS) is 21.4. The summed E-state index contributed by atoms with van der Waals surface area (Å²) in [5.41, 5.74) is 2.21. The Bertz CT molecular complexity index is 552. The minimum absolute atomic E-state index is 0.175. The number of nitrogens with one attached hydrogen (secondary N) is 2. The SMILES string of the molecule is CC(C)(C)OC(=O)NC1CCC(Nc2ccc(C(C)(C)C)cc2)C1. The molecule has 0 radical (unpaired) electrons. The van der Waals surface area contributed by atoms with E-state index in [4.69, 9.17) is 4.74 Å². The molecule has 1 aliphatic rings. The van der Waals surface area contributed by atoms with Crippen molar-refractivity contribution >= 4 is 11.8 Å². The molecule has 1 aromatic carbocycles. The molecular formula is C20H32N2O2. The van der Waals surface area contributed by atoms with E-state index >= 15 is 0 Å². The van der Waals surface area contributed by atoms with E-state index in [0.29, 0.717) is 6.04 Å². The summed E-state index contributed by atoms with van der Waals surface area (Å²) in [6.07, 6.45) is 2.65. The van der Waals surface area contributed by atoms with Gasteiger partial charge in [0.05, 0.1) is 0 Å². The van der Waals surface area contributed by atoms with Crippen molar-refractivity contribution in [1.82, 2.24) is 5.32 Å². The zero-order valence-corrected chi connectivity index (χ0v) is 15.9. The summed E-state index contributed by atoms with van der Waals surface area (Å²) in [5.74, 6) is 0. The minimum atomic E-state index is -0.449. The summed E-state index contributed by atoms with van der Waals surface area (Å²) < 4.78 is 5.33. The van der Waals surface area contributed by atoms with Gasteiger partial charge in [0.15, 0.2) is 0 Å². The molecule has 1 aromatic rings. The first-order chi connectivity index (χ1) is 11.0. The molecule has 1 aliphatic carbocycles. The number of benzene rings is 1. The van der Waals surface area contributed by atoms with Gasteiger partial charge in [-0.05, 0) is 63.1 Å². The van der Waals surface area contributed by atoms with Crippen LogP contribution in [0.2, 0.25) is 0 Å². The third kappa shape index (κ3) is 5.73. The van der Waals surface area contributed by atoms with Crippen LogP contribution in [0.15, 0.2) is 24.3 Å². The fourth-order valence-electron chi connectivity index (χ4n) is 3.02. The molecule has 0 aromatic heterocycles. The molecule has 4 heteroatoms. The summed E-state index contributed by atoms with van der Waals surface area (Å²) >= 11 is 0. The molecule has 24 heavy (non-hydrogen) atoms. The van der Waals surface area contributed by atoms with E-state index in [1.807, 2.05) is 20.8 Å². The first kappa shape index (κ1) is 18.6. The van der Waals surface area contributed by atoms with Crippen molar-refractivity contribution in [3.05, 3.63) is 29.8 Å². The van der Waals surface area contributed by atoms with E-state index < -0.39 is 5.60 Å². The quantitative estimate of drug-likeness (QED) is 0.832. The number of carbonyl (C=O) groups is 1. The second-order valence-electron chi connectivity index (χ2n) is 8.82. The van der Waals surface area contributed by atoms with Gasteiger partial charge in [0.25, 0.3) is 0 Å². The molecule has 0 saturated heterocycles. The second-order valence-corrected chi connectivity index (χ2v) is 8.82. The van der Waals surface area contributed by atoms with Crippen LogP contribution in [-0.2, 0) is 10.2 Å². The van der Waals surface area contributed by atoms with Crippen LogP contribution in [0, 0.1) is 0 Å². The number of hydrogen-bond acceptors (Lipinski definition) is 3. The maximum Gasteiger partial charge on any atom is 0.407 e. The van der Waals surface area contributed by atoms with E-state index in [1.165, 1.54) is 5.56 Å². The zero-order valence-electron chi connectivity index (χ0n) is 15.9. The van der Waals surface area contributed by atoms with Crippen LogP contribution in [-0.4, -0.2) is 23.8 Å². The van der Waals surface area contributed by atoms with E-state index in [9.17, 15) is 4.79 Å². The van der Waals surface area contributed by atoms with Crippen LogP contribution in [0.25, 0.3) is 0 Å². The first-order valence-electron chi connectivity index (χ1n) is 8.89. The molecule has 134 valence electrons. The van der Waals surface area contributed by atoms with Gasteiger partial charge < -0.3 is 15.4 Å². The Kier molecular flexibility index (Phi) is 5.46. The van der Waals surface area contributed by atoms with Crippen LogP contribution in [0.1, 0.15) is 66.4 Å². The van der Waals surface area contributed by atoms with Gasteiger partial charge in [-0.25, -0.2) is 4.79 Å². The number of ether oxygens (including phenoxy) is 1. The van der Waals surface area contributed by atoms with Gasteiger partial charge in [-0.1, -0.05) is 32.9 Å². The van der Waals surface area contributed by atoms with Crippen molar-refractivity contribution in [3.63, 3.8) is 0 Å². The van der Waals surface area contributed by atoms with Crippen LogP contribution in [0.5, 0.6) is 0 Å². The Morgan fingerprint density at radius 1 is 1.00 bits per heavy atom. The molecule has 0 bridgehead atoms. The van der Waals surface area contributed by atoms with Gasteiger partial charge in [0.1, 0.15) is 5.60 Å². The molecule has 1 saturated carbocycles. The summed E-state index contributed by atoms with van der Waals surface area (Å²) in [7, 11) is 0. The lowest BCUT2D eigenvalue weighted by molar-refractivity contribution is 0.0505. The second kappa shape index (κ2) is 7.04. The summed E-state index contributed by atoms with van der Waals surface area (Å²) in [4.78, 5) is 11.9. The summed E-state index contributed by atoms with van der Waals surface area (Å²) in [5, 5.41) is 6.56. The first-order valence-corrected chi connectivity index (χ1v) is 8.89. The van der Waals surface area contributed by atoms with E-state index in [2.05, 4.69) is 55.7 Å². The lowest BCUT2D eigenvalue weighted by atomic mass is 9.87. The molecule has 1 amide bonds. The van der Waals surface area contributed by atoms with Crippen LogP contribution >= 0.6 is 0 Å². The number of hydrogen-bond donors (Lipinski definition) is 2. The summed E-state index contributed by atoms with van der Waals surface area (Å²) in [6.45, 7) is 12.3. The fraction of sp³-hybridized carbons (Fsp3) is 0.650. The van der Waals surface area contributed by atoms with Crippen molar-refractivity contribution in [2.45, 2.75) is 83.9 Å². The Labute approximate surface area is 146 Å². The number of carbonyl (C=O) groups excluding carboxylic acids is 1. The van der Waals surface area contributed by atoms with E-state index in [0.717, 1.165) is 24.9 Å². The van der Waals surface area contributed by atoms with Gasteiger partial charge in [0, 0.05) is 17.8 Å². The molecule has 2 N–H and O–H groups in total. The monoisotopic (exact) mass is 332 g/mol. The van der Waals surface area contributed by atoms with Crippen LogP contribution in [0.3, 0.4) is 0 Å². The summed E-state index contributed by atoms with van der Waals surface area (Å²) in [6, 6.07) is 9.25. The highest BCUT2D eigenvalue weighted by Crippen LogP contribution is 2.26. The molecular weight excluding hydrogens is 300 g/mol. The van der Waals surface area contributed by atoms with Crippen molar-refractivity contribution in [2.75, 3.05) is 5.32 Å². The zero-order chi connectivity index (χ0) is 18.0. The smallest absolute Gasteiger partial charge is 0.407 e. The predicted molar refractivity (Wildman–Crippen MR) is 99.6 cm³/mol. The number of anilines is 1. The van der Waals surface area contributed by atoms with Gasteiger partial charge in [-0.2, -0.15) is 0 Å². The molecule has 2 unspecified atom stereocenters. The highest BCUT2D eigenvalue weighted by atomic mass is 16.6. The molecule has 0 heterocycles. The van der Waals surface area contributed by atoms with Crippen LogP contribution < -0.4 is 10.6 Å². The largest absolute Gasteiger partial charge is 0.444 e. The molecule has 2 rings (SSSR count). The lowest BCUT2D eigenvalue weighted by Crippen LogP contribution is -2.38. The molecule has 0 spiro atoms. The number of alkyl carbamates (subject to hydrolysis) is 1. The molecule has 4 nitrogen and oxygen atoms in total. The van der Waals surface area contributed by atoms with Crippen molar-refractivity contribution in [1.29, 1.82) is 0 Å². The highest BCUT2D eigenvalue weighted by Gasteiger charge is 2.27. The average molecular weight is 332 g/mol. The Hall–Kier alpha value is -1.71. The Morgan fingerprint density at radius 3 is 2.12 bits per heavy atom. The number of rotatable bonds is 3. The lowest BCUT2D eigenvalue weighted by Gasteiger charge is -2.22. The maximum atomic E-state index is 11.9. The van der Waals surface area contributed by atoms with Crippen LogP contribution in [0.4, 0.5) is 10.5 Å². The Balaban J connectivity index is 1.82.